The largest absolute Gasteiger partial charge is 0.497 e. The van der Waals surface area contributed by atoms with Crippen molar-refractivity contribution in [3.05, 3.63) is 40.8 Å². The van der Waals surface area contributed by atoms with Crippen LogP contribution in [0.4, 0.5) is 10.5 Å². The lowest BCUT2D eigenvalue weighted by atomic mass is 10.2. The lowest BCUT2D eigenvalue weighted by molar-refractivity contribution is -0.117. The summed E-state index contributed by atoms with van der Waals surface area (Å²) >= 11 is 1.50. The fraction of sp³-hybridized carbons (Fsp3) is 0.353. The molecule has 0 radical (unpaired) electrons. The van der Waals surface area contributed by atoms with Crippen molar-refractivity contribution in [1.29, 1.82) is 0 Å². The Kier molecular flexibility index (Phi) is 5.18. The Morgan fingerprint density at radius 2 is 2.20 bits per heavy atom. The molecule has 3 amide bonds. The third-order valence-electron chi connectivity index (χ3n) is 4.07. The number of hydrogen-bond acceptors (Lipinski definition) is 5. The number of hydrogen-bond donors (Lipinski definition) is 1. The van der Waals surface area contributed by atoms with Crippen LogP contribution in [-0.2, 0) is 11.3 Å². The summed E-state index contributed by atoms with van der Waals surface area (Å²) in [5.74, 6) is 0.738. The van der Waals surface area contributed by atoms with E-state index in [1.165, 1.54) is 11.3 Å². The predicted octanol–water partition coefficient (Wildman–Crippen LogP) is 2.10. The molecule has 1 aliphatic rings. The van der Waals surface area contributed by atoms with E-state index < -0.39 is 0 Å². The Balaban J connectivity index is 1.57. The van der Waals surface area contributed by atoms with Crippen molar-refractivity contribution < 1.29 is 14.3 Å². The molecule has 132 valence electrons. The molecule has 1 atom stereocenters. The first kappa shape index (κ1) is 17.2. The summed E-state index contributed by atoms with van der Waals surface area (Å²) in [4.78, 5) is 32.0. The summed E-state index contributed by atoms with van der Waals surface area (Å²) in [6, 6.07) is 6.90. The number of thiazole rings is 1. The number of nitrogens with zero attached hydrogens (tertiary/aromatic N) is 3. The molecule has 1 aromatic heterocycles. The minimum atomic E-state index is -0.208. The van der Waals surface area contributed by atoms with E-state index in [9.17, 15) is 9.59 Å². The van der Waals surface area contributed by atoms with E-state index in [0.29, 0.717) is 19.5 Å². The number of carbonyl (C=O) groups excluding carboxylic acids is 2. The fourth-order valence-corrected chi connectivity index (χ4v) is 3.28. The van der Waals surface area contributed by atoms with Gasteiger partial charge in [0.2, 0.25) is 5.91 Å². The van der Waals surface area contributed by atoms with Crippen LogP contribution in [0.5, 0.6) is 5.75 Å². The van der Waals surface area contributed by atoms with Gasteiger partial charge in [-0.05, 0) is 24.3 Å². The molecule has 0 spiro atoms. The highest BCUT2D eigenvalue weighted by molar-refractivity contribution is 7.07. The van der Waals surface area contributed by atoms with Crippen LogP contribution < -0.4 is 15.0 Å². The highest BCUT2D eigenvalue weighted by Crippen LogP contribution is 2.24. The van der Waals surface area contributed by atoms with Crippen LogP contribution in [0.3, 0.4) is 0 Å². The van der Waals surface area contributed by atoms with Crippen molar-refractivity contribution >= 4 is 29.0 Å². The van der Waals surface area contributed by atoms with Crippen LogP contribution in [0.15, 0.2) is 35.2 Å². The van der Waals surface area contributed by atoms with Crippen LogP contribution in [0, 0.1) is 0 Å². The predicted molar refractivity (Wildman–Crippen MR) is 95.9 cm³/mol. The highest BCUT2D eigenvalue weighted by Gasteiger charge is 2.32. The molecule has 0 bridgehead atoms. The number of ether oxygens (including phenoxy) is 1. The summed E-state index contributed by atoms with van der Waals surface area (Å²) in [5.41, 5.74) is 3.40. The molecule has 7 nitrogen and oxygen atoms in total. The van der Waals surface area contributed by atoms with Crippen LogP contribution in [0.2, 0.25) is 0 Å². The van der Waals surface area contributed by atoms with Gasteiger partial charge in [-0.3, -0.25) is 4.79 Å². The molecule has 0 saturated carbocycles. The Hall–Kier alpha value is -2.61. The van der Waals surface area contributed by atoms with E-state index in [-0.39, 0.29) is 18.0 Å². The number of rotatable bonds is 5. The maximum Gasteiger partial charge on any atom is 0.317 e. The van der Waals surface area contributed by atoms with Crippen LogP contribution in [-0.4, -0.2) is 48.6 Å². The van der Waals surface area contributed by atoms with Gasteiger partial charge in [-0.15, -0.1) is 11.3 Å². The van der Waals surface area contributed by atoms with Crippen molar-refractivity contribution in [2.75, 3.05) is 25.6 Å². The van der Waals surface area contributed by atoms with Crippen molar-refractivity contribution in [2.24, 2.45) is 0 Å². The number of aromatic nitrogens is 1. The molecule has 1 aromatic carbocycles. The van der Waals surface area contributed by atoms with Crippen molar-refractivity contribution in [3.8, 4) is 5.75 Å². The molecular weight excluding hydrogens is 340 g/mol. The minimum absolute atomic E-state index is 0.00220. The summed E-state index contributed by atoms with van der Waals surface area (Å²) in [5, 5.41) is 4.83. The number of carbonyl (C=O) groups is 2. The van der Waals surface area contributed by atoms with Crippen LogP contribution >= 0.6 is 11.3 Å². The van der Waals surface area contributed by atoms with Gasteiger partial charge >= 0.3 is 6.03 Å². The number of benzene rings is 1. The summed E-state index contributed by atoms with van der Waals surface area (Å²) in [6.07, 6.45) is 0.294. The first-order valence-corrected chi connectivity index (χ1v) is 8.84. The molecule has 0 aliphatic carbocycles. The van der Waals surface area contributed by atoms with Crippen LogP contribution in [0.25, 0.3) is 0 Å². The minimum Gasteiger partial charge on any atom is -0.497 e. The number of methoxy groups -OCH3 is 1. The van der Waals surface area contributed by atoms with Gasteiger partial charge < -0.3 is 19.9 Å². The first-order chi connectivity index (χ1) is 12.1. The summed E-state index contributed by atoms with van der Waals surface area (Å²) < 4.78 is 5.13. The smallest absolute Gasteiger partial charge is 0.317 e. The second-order valence-electron chi connectivity index (χ2n) is 5.89. The zero-order valence-corrected chi connectivity index (χ0v) is 15.0. The average molecular weight is 360 g/mol. The summed E-state index contributed by atoms with van der Waals surface area (Å²) in [7, 11) is 3.32. The lowest BCUT2D eigenvalue weighted by Gasteiger charge is -2.21. The second-order valence-corrected chi connectivity index (χ2v) is 6.61. The maximum atomic E-state index is 12.3. The number of urea groups is 1. The lowest BCUT2D eigenvalue weighted by Crippen LogP contribution is -2.44. The molecule has 3 rings (SSSR count). The maximum absolute atomic E-state index is 12.3. The molecule has 0 unspecified atom stereocenters. The summed E-state index contributed by atoms with van der Waals surface area (Å²) in [6.45, 7) is 0.902. The number of amides is 3. The molecule has 1 N–H and O–H groups in total. The molecular formula is C17H20N4O3S. The Bertz CT molecular complexity index is 733. The molecule has 1 aliphatic heterocycles. The van der Waals surface area contributed by atoms with E-state index in [2.05, 4.69) is 10.3 Å². The van der Waals surface area contributed by atoms with E-state index in [1.54, 1.807) is 29.5 Å². The average Bonchev–Trinajstić information content (AvgIpc) is 3.24. The zero-order valence-electron chi connectivity index (χ0n) is 14.1. The Morgan fingerprint density at radius 3 is 2.84 bits per heavy atom. The molecule has 25 heavy (non-hydrogen) atoms. The topological polar surface area (TPSA) is 74.8 Å². The fourth-order valence-electron chi connectivity index (χ4n) is 2.73. The zero-order chi connectivity index (χ0) is 17.8. The normalized spacial score (nSPS) is 16.8. The Labute approximate surface area is 150 Å². The standard InChI is InChI=1S/C17H20N4O3S/c1-20(8-13-10-25-11-18-13)17(23)19-12-7-16(22)21(9-12)14-3-5-15(24-2)6-4-14/h3-6,10-12H,7-9H2,1-2H3,(H,19,23)/t12-/m1/s1. The van der Waals surface area contributed by atoms with Gasteiger partial charge in [-0.25, -0.2) is 9.78 Å². The molecule has 1 fully saturated rings. The van der Waals surface area contributed by atoms with Gasteiger partial charge in [0.05, 0.1) is 30.9 Å². The third kappa shape index (κ3) is 4.08. The molecule has 2 heterocycles. The van der Waals surface area contributed by atoms with Crippen molar-refractivity contribution in [1.82, 2.24) is 15.2 Å². The van der Waals surface area contributed by atoms with Gasteiger partial charge in [-0.2, -0.15) is 0 Å². The van der Waals surface area contributed by atoms with Gasteiger partial charge in [0.15, 0.2) is 0 Å². The van der Waals surface area contributed by atoms with E-state index >= 15 is 0 Å². The molecule has 2 aromatic rings. The van der Waals surface area contributed by atoms with Gasteiger partial charge in [-0.1, -0.05) is 0 Å². The number of anilines is 1. The van der Waals surface area contributed by atoms with Gasteiger partial charge in [0.1, 0.15) is 5.75 Å². The van der Waals surface area contributed by atoms with E-state index in [1.807, 2.05) is 29.6 Å². The Morgan fingerprint density at radius 1 is 1.44 bits per heavy atom. The number of nitrogens with one attached hydrogen (secondary N) is 1. The second kappa shape index (κ2) is 7.52. The third-order valence-corrected chi connectivity index (χ3v) is 4.70. The molecule has 1 saturated heterocycles. The SMILES string of the molecule is COc1ccc(N2C[C@H](NC(=O)N(C)Cc3cscn3)CC2=O)cc1. The monoisotopic (exact) mass is 360 g/mol. The molecule has 8 heteroatoms. The van der Waals surface area contributed by atoms with Gasteiger partial charge in [0.25, 0.3) is 0 Å². The van der Waals surface area contributed by atoms with E-state index in [4.69, 9.17) is 4.74 Å². The quantitative estimate of drug-likeness (QED) is 0.886. The van der Waals surface area contributed by atoms with Crippen LogP contribution in [0.1, 0.15) is 12.1 Å². The van der Waals surface area contributed by atoms with E-state index in [0.717, 1.165) is 17.1 Å². The van der Waals surface area contributed by atoms with Gasteiger partial charge in [0, 0.05) is 31.1 Å². The van der Waals surface area contributed by atoms with Crippen molar-refractivity contribution in [2.45, 2.75) is 19.0 Å². The first-order valence-electron chi connectivity index (χ1n) is 7.90. The highest BCUT2D eigenvalue weighted by atomic mass is 32.1. The van der Waals surface area contributed by atoms with Crippen molar-refractivity contribution in [3.63, 3.8) is 0 Å².